The Balaban J connectivity index is 1.58. The Morgan fingerprint density at radius 1 is 0.982 bits per heavy atom. The topological polar surface area (TPSA) is 198 Å². The van der Waals surface area contributed by atoms with E-state index in [2.05, 4.69) is 5.32 Å². The highest BCUT2D eigenvalue weighted by Gasteiger charge is 2.50. The molecular formula is C43H51N3O11. The number of aliphatic hydroxyl groups excluding tert-OH is 2. The first-order valence-corrected chi connectivity index (χ1v) is 19.0. The van der Waals surface area contributed by atoms with Gasteiger partial charge in [0, 0.05) is 67.3 Å². The predicted molar refractivity (Wildman–Crippen MR) is 213 cm³/mol. The van der Waals surface area contributed by atoms with Crippen molar-refractivity contribution in [2.45, 2.75) is 92.5 Å². The van der Waals surface area contributed by atoms with Crippen LogP contribution in [0.5, 0.6) is 17.2 Å². The first kappa shape index (κ1) is 41.2. The minimum atomic E-state index is -1.96. The van der Waals surface area contributed by atoms with E-state index in [-0.39, 0.29) is 55.7 Å². The quantitative estimate of drug-likeness (QED) is 0.115. The van der Waals surface area contributed by atoms with Crippen LogP contribution in [0.25, 0.3) is 27.5 Å². The van der Waals surface area contributed by atoms with E-state index < -0.39 is 77.3 Å². The van der Waals surface area contributed by atoms with E-state index in [1.54, 1.807) is 63.4 Å². The Hall–Kier alpha value is -5.44. The number of pyridine rings is 1. The number of phenolic OH excluding ortho intramolecular Hbond substituents is 2. The second-order valence-corrected chi connectivity index (χ2v) is 15.6. The van der Waals surface area contributed by atoms with E-state index in [0.29, 0.717) is 5.65 Å². The number of fused-ring (bicyclic) bond motifs is 2. The molecule has 9 unspecified atom stereocenters. The summed E-state index contributed by atoms with van der Waals surface area (Å²) in [5.74, 6) is -6.96. The van der Waals surface area contributed by atoms with Gasteiger partial charge in [-0.25, -0.2) is 4.98 Å². The monoisotopic (exact) mass is 785 g/mol. The molecule has 1 amide bonds. The van der Waals surface area contributed by atoms with Gasteiger partial charge in [0.05, 0.1) is 35.5 Å². The number of carbonyl (C=O) groups excluding carboxylic acids is 3. The maximum absolute atomic E-state index is 14.6. The molecule has 4 bridgehead atoms. The average Bonchev–Trinajstić information content (AvgIpc) is 3.67. The normalized spacial score (nSPS) is 30.8. The number of aromatic hydroxyl groups is 2. The zero-order valence-electron chi connectivity index (χ0n) is 33.8. The molecule has 0 saturated heterocycles. The summed E-state index contributed by atoms with van der Waals surface area (Å²) in [5.41, 5.74) is 2.18. The number of methoxy groups -OCH3 is 1. The van der Waals surface area contributed by atoms with Crippen molar-refractivity contribution in [1.82, 2.24) is 9.38 Å². The molecule has 14 heteroatoms. The predicted octanol–water partition coefficient (Wildman–Crippen LogP) is 6.16. The van der Waals surface area contributed by atoms with Gasteiger partial charge in [-0.15, -0.1) is 0 Å². The lowest BCUT2D eigenvalue weighted by molar-refractivity contribution is -0.160. The molecule has 6 rings (SSSR count). The molecule has 2 aliphatic rings. The number of aliphatic hydroxyl groups is 2. The Bertz CT molecular complexity index is 2380. The summed E-state index contributed by atoms with van der Waals surface area (Å²) < 4.78 is 25.5. The summed E-state index contributed by atoms with van der Waals surface area (Å²) in [7, 11) is 1.46. The molecule has 2 aromatic carbocycles. The van der Waals surface area contributed by atoms with Crippen LogP contribution in [0.1, 0.15) is 70.0 Å². The molecule has 4 aromatic rings. The minimum absolute atomic E-state index is 0.0185. The van der Waals surface area contributed by atoms with Gasteiger partial charge >= 0.3 is 11.8 Å². The number of allylic oxidation sites excluding steroid dienone is 2. The number of benzene rings is 2. The fourth-order valence-corrected chi connectivity index (χ4v) is 8.03. The van der Waals surface area contributed by atoms with E-state index in [0.717, 1.165) is 5.56 Å². The van der Waals surface area contributed by atoms with Crippen molar-refractivity contribution in [3.05, 3.63) is 71.2 Å². The molecule has 57 heavy (non-hydrogen) atoms. The number of rotatable bonds is 2. The number of phenols is 2. The molecule has 14 nitrogen and oxygen atoms in total. The highest BCUT2D eigenvalue weighted by molar-refractivity contribution is 6.28. The van der Waals surface area contributed by atoms with Gasteiger partial charge in [0.25, 0.3) is 11.7 Å². The van der Waals surface area contributed by atoms with Gasteiger partial charge in [-0.1, -0.05) is 45.9 Å². The Labute approximate surface area is 330 Å². The molecule has 0 saturated carbocycles. The standard InChI is InChI=1S/C43H51N3O11/c1-19-14-16-46-28(18-19)44-32-29-30-37(50)25(7)40-31(29)41(52)43(9,57-40)55-17-15-27(54-10)22(4)39(56-26(8)47)24(6)36(49)23(5)35(48)20(2)12-11-13-21(3)42(53)45-33(34(32)46)38(30)51/h11-18,20,22-24,27,35-36,39,48-51H,1-10H3,(H,45,53)/b12-11+,17-15+,21-13-. The van der Waals surface area contributed by atoms with E-state index in [1.807, 2.05) is 19.1 Å². The summed E-state index contributed by atoms with van der Waals surface area (Å²) >= 11 is 0. The molecule has 0 aliphatic carbocycles. The van der Waals surface area contributed by atoms with Crippen LogP contribution in [0, 0.1) is 37.5 Å². The van der Waals surface area contributed by atoms with Crippen LogP contribution in [0.2, 0.25) is 0 Å². The molecule has 0 radical (unpaired) electrons. The van der Waals surface area contributed by atoms with E-state index >= 15 is 0 Å². The molecule has 5 N–H and O–H groups in total. The number of ether oxygens (including phenoxy) is 4. The largest absolute Gasteiger partial charge is 0.507 e. The number of carbonyl (C=O) groups is 3. The molecular weight excluding hydrogens is 734 g/mol. The highest BCUT2D eigenvalue weighted by Crippen LogP contribution is 2.54. The molecule has 2 aromatic heterocycles. The van der Waals surface area contributed by atoms with E-state index in [9.17, 15) is 34.8 Å². The number of amides is 1. The summed E-state index contributed by atoms with van der Waals surface area (Å²) in [6, 6.07) is 3.64. The van der Waals surface area contributed by atoms with Crippen LogP contribution < -0.4 is 10.1 Å². The fourth-order valence-electron chi connectivity index (χ4n) is 8.03. The maximum atomic E-state index is 14.6. The molecule has 4 heterocycles. The number of nitrogens with one attached hydrogen (secondary N) is 1. The smallest absolute Gasteiger partial charge is 0.312 e. The van der Waals surface area contributed by atoms with Crippen LogP contribution in [0.4, 0.5) is 5.69 Å². The van der Waals surface area contributed by atoms with Crippen molar-refractivity contribution in [2.24, 2.45) is 23.7 Å². The number of imidazole rings is 1. The van der Waals surface area contributed by atoms with E-state index in [1.165, 1.54) is 40.2 Å². The third-order valence-corrected chi connectivity index (χ3v) is 11.5. The molecule has 0 fully saturated rings. The van der Waals surface area contributed by atoms with Crippen molar-refractivity contribution in [1.29, 1.82) is 0 Å². The second kappa shape index (κ2) is 15.5. The maximum Gasteiger partial charge on any atom is 0.312 e. The number of hydrogen-bond acceptors (Lipinski definition) is 12. The zero-order valence-corrected chi connectivity index (χ0v) is 33.8. The lowest BCUT2D eigenvalue weighted by Gasteiger charge is -2.38. The average molecular weight is 786 g/mol. The van der Waals surface area contributed by atoms with Crippen LogP contribution in [-0.2, 0) is 23.8 Å². The van der Waals surface area contributed by atoms with Gasteiger partial charge in [-0.05, 0) is 44.5 Å². The summed E-state index contributed by atoms with van der Waals surface area (Å²) in [6.07, 6.45) is 5.62. The van der Waals surface area contributed by atoms with Crippen molar-refractivity contribution in [3.63, 3.8) is 0 Å². The second-order valence-electron chi connectivity index (χ2n) is 15.6. The van der Waals surface area contributed by atoms with Gasteiger partial charge in [0.2, 0.25) is 0 Å². The summed E-state index contributed by atoms with van der Waals surface area (Å²) in [5, 5.41) is 49.4. The molecule has 2 aliphatic heterocycles. The number of aryl methyl sites for hydroxylation is 1. The third-order valence-electron chi connectivity index (χ3n) is 11.5. The van der Waals surface area contributed by atoms with Crippen LogP contribution in [0.15, 0.2) is 54.5 Å². The van der Waals surface area contributed by atoms with Gasteiger partial charge < -0.3 is 44.7 Å². The first-order chi connectivity index (χ1) is 26.8. The Kier molecular flexibility index (Phi) is 11.2. The molecule has 0 spiro atoms. The number of Topliss-reactive ketones (excluding diaryl/α,β-unsaturated/α-hetero) is 1. The Morgan fingerprint density at radius 2 is 1.68 bits per heavy atom. The van der Waals surface area contributed by atoms with Crippen molar-refractivity contribution >= 4 is 50.8 Å². The summed E-state index contributed by atoms with van der Waals surface area (Å²) in [6.45, 7) is 14.7. The van der Waals surface area contributed by atoms with Gasteiger partial charge in [-0.2, -0.15) is 0 Å². The lowest BCUT2D eigenvalue weighted by atomic mass is 9.78. The minimum Gasteiger partial charge on any atom is -0.507 e. The van der Waals surface area contributed by atoms with E-state index in [4.69, 9.17) is 23.9 Å². The molecule has 9 atom stereocenters. The van der Waals surface area contributed by atoms with Crippen molar-refractivity contribution < 1.29 is 53.8 Å². The first-order valence-electron chi connectivity index (χ1n) is 19.0. The van der Waals surface area contributed by atoms with Crippen LogP contribution in [0.3, 0.4) is 0 Å². The number of anilines is 1. The fraction of sp³-hybridized carbons (Fsp3) is 0.442. The molecule has 304 valence electrons. The number of esters is 1. The third kappa shape index (κ3) is 7.10. The van der Waals surface area contributed by atoms with Gasteiger partial charge in [-0.3, -0.25) is 18.8 Å². The SMILES string of the molecule is COC1/C=C/OC2(C)Oc3c(C)c(O)c4c(O)c(c5c(nc6cc(C)ccn65)c4c3C2=O)NC(=O)/C(C)=C\C=C\C(C)C(O)C(C)C(O)C(C)C(OC(C)=O)C1C. The number of ketones is 1. The number of nitrogens with zero attached hydrogens (tertiary/aromatic N) is 2. The summed E-state index contributed by atoms with van der Waals surface area (Å²) in [4.78, 5) is 45.6. The van der Waals surface area contributed by atoms with Crippen molar-refractivity contribution in [2.75, 3.05) is 12.4 Å². The van der Waals surface area contributed by atoms with Crippen LogP contribution >= 0.6 is 0 Å². The number of hydrogen-bond donors (Lipinski definition) is 5. The zero-order chi connectivity index (χ0) is 41.8. The van der Waals surface area contributed by atoms with Gasteiger partial charge in [0.1, 0.15) is 40.0 Å². The highest BCUT2D eigenvalue weighted by atomic mass is 16.7. The van der Waals surface area contributed by atoms with Crippen molar-refractivity contribution in [3.8, 4) is 17.2 Å². The van der Waals surface area contributed by atoms with Crippen LogP contribution in [-0.4, -0.2) is 84.8 Å². The Morgan fingerprint density at radius 3 is 2.35 bits per heavy atom. The number of aromatic nitrogens is 2. The van der Waals surface area contributed by atoms with Gasteiger partial charge in [0.15, 0.2) is 5.75 Å². The lowest BCUT2D eigenvalue weighted by Crippen LogP contribution is -2.46.